The van der Waals surface area contributed by atoms with Crippen LogP contribution in [0.4, 0.5) is 14.5 Å². The summed E-state index contributed by atoms with van der Waals surface area (Å²) < 4.78 is 51.0. The van der Waals surface area contributed by atoms with Crippen LogP contribution in [0.1, 0.15) is 11.1 Å². The first-order chi connectivity index (χ1) is 10.3. The molecule has 3 rings (SSSR count). The van der Waals surface area contributed by atoms with Gasteiger partial charge in [0.1, 0.15) is 16.5 Å². The van der Waals surface area contributed by atoms with Crippen molar-refractivity contribution in [3.05, 3.63) is 59.2 Å². The van der Waals surface area contributed by atoms with Gasteiger partial charge >= 0.3 is 0 Å². The molecule has 1 amide bonds. The van der Waals surface area contributed by atoms with Crippen LogP contribution in [0.15, 0.2) is 41.3 Å². The van der Waals surface area contributed by atoms with Crippen molar-refractivity contribution in [2.24, 2.45) is 0 Å². The molecule has 0 spiro atoms. The third-order valence-electron chi connectivity index (χ3n) is 3.38. The van der Waals surface area contributed by atoms with Gasteiger partial charge in [0.15, 0.2) is 9.84 Å². The highest BCUT2D eigenvalue weighted by atomic mass is 32.2. The van der Waals surface area contributed by atoms with Crippen molar-refractivity contribution in [1.29, 1.82) is 0 Å². The van der Waals surface area contributed by atoms with E-state index in [0.717, 1.165) is 12.1 Å². The molecular formula is C15H11F2NO3S. The predicted molar refractivity (Wildman–Crippen MR) is 76.0 cm³/mol. The van der Waals surface area contributed by atoms with Gasteiger partial charge in [0.05, 0.1) is 12.2 Å². The van der Waals surface area contributed by atoms with Gasteiger partial charge in [-0.1, -0.05) is 12.1 Å². The molecule has 0 saturated heterocycles. The summed E-state index contributed by atoms with van der Waals surface area (Å²) in [5.41, 5.74) is 1.80. The van der Waals surface area contributed by atoms with E-state index in [1.807, 2.05) is 0 Å². The minimum absolute atomic E-state index is 0.153. The Morgan fingerprint density at radius 3 is 2.59 bits per heavy atom. The highest BCUT2D eigenvalue weighted by Crippen LogP contribution is 2.26. The molecule has 0 radical (unpaired) electrons. The predicted octanol–water partition coefficient (Wildman–Crippen LogP) is 2.43. The van der Waals surface area contributed by atoms with E-state index in [9.17, 15) is 22.0 Å². The number of halogens is 2. The van der Waals surface area contributed by atoms with Gasteiger partial charge in [0.25, 0.3) is 0 Å². The molecular weight excluding hydrogens is 312 g/mol. The van der Waals surface area contributed by atoms with Crippen LogP contribution in [-0.4, -0.2) is 14.3 Å². The summed E-state index contributed by atoms with van der Waals surface area (Å²) in [5.74, 6) is -2.52. The zero-order valence-electron chi connectivity index (χ0n) is 11.3. The van der Waals surface area contributed by atoms with Crippen LogP contribution in [0.5, 0.6) is 0 Å². The first-order valence-electron chi connectivity index (χ1n) is 6.44. The van der Waals surface area contributed by atoms with Crippen molar-refractivity contribution < 1.29 is 22.0 Å². The van der Waals surface area contributed by atoms with Crippen LogP contribution in [0.2, 0.25) is 0 Å². The molecule has 0 saturated carbocycles. The first-order valence-corrected chi connectivity index (χ1v) is 8.10. The molecule has 7 heteroatoms. The maximum absolute atomic E-state index is 13.6. The lowest BCUT2D eigenvalue weighted by Crippen LogP contribution is -2.07. The van der Waals surface area contributed by atoms with Gasteiger partial charge in [0, 0.05) is 11.8 Å². The molecule has 2 aromatic rings. The Morgan fingerprint density at radius 2 is 1.86 bits per heavy atom. The molecule has 0 aromatic heterocycles. The number of nitrogens with one attached hydrogen (secondary N) is 1. The minimum Gasteiger partial charge on any atom is -0.326 e. The summed E-state index contributed by atoms with van der Waals surface area (Å²) in [4.78, 5) is 10.7. The minimum atomic E-state index is -3.94. The number of carbonyl (C=O) groups is 1. The number of rotatable bonds is 3. The number of hydrogen-bond acceptors (Lipinski definition) is 3. The zero-order valence-corrected chi connectivity index (χ0v) is 12.1. The Hall–Kier alpha value is -2.28. The summed E-state index contributed by atoms with van der Waals surface area (Å²) in [6, 6.07) is 7.14. The van der Waals surface area contributed by atoms with Gasteiger partial charge in [-0.25, -0.2) is 17.2 Å². The molecule has 4 nitrogen and oxygen atoms in total. The lowest BCUT2D eigenvalue weighted by molar-refractivity contribution is -0.115. The number of anilines is 1. The molecule has 1 N–H and O–H groups in total. The second-order valence-electron chi connectivity index (χ2n) is 5.05. The standard InChI is InChI=1S/C15H11F2NO3S/c16-11-2-4-14(12(17)7-11)22(20,21)8-9-1-3-13-10(5-9)6-15(19)18-13/h1-5,7H,6,8H2,(H,18,19). The van der Waals surface area contributed by atoms with Gasteiger partial charge < -0.3 is 5.32 Å². The van der Waals surface area contributed by atoms with Crippen LogP contribution in [0.25, 0.3) is 0 Å². The van der Waals surface area contributed by atoms with E-state index in [2.05, 4.69) is 5.32 Å². The summed E-state index contributed by atoms with van der Waals surface area (Å²) in [5, 5.41) is 2.64. The molecule has 0 unspecified atom stereocenters. The topological polar surface area (TPSA) is 63.2 Å². The van der Waals surface area contributed by atoms with Crippen molar-refractivity contribution in [1.82, 2.24) is 0 Å². The van der Waals surface area contributed by atoms with Gasteiger partial charge in [-0.05, 0) is 29.3 Å². The number of fused-ring (bicyclic) bond motifs is 1. The number of sulfone groups is 1. The second kappa shape index (κ2) is 5.17. The van der Waals surface area contributed by atoms with Gasteiger partial charge in [-0.2, -0.15) is 0 Å². The fourth-order valence-corrected chi connectivity index (χ4v) is 3.80. The third kappa shape index (κ3) is 2.71. The Morgan fingerprint density at radius 1 is 1.09 bits per heavy atom. The summed E-state index contributed by atoms with van der Waals surface area (Å²) in [6.07, 6.45) is 0.189. The first kappa shape index (κ1) is 14.6. The van der Waals surface area contributed by atoms with Crippen molar-refractivity contribution in [2.75, 3.05) is 5.32 Å². The fourth-order valence-electron chi connectivity index (χ4n) is 2.40. The van der Waals surface area contributed by atoms with Crippen LogP contribution in [-0.2, 0) is 26.8 Å². The van der Waals surface area contributed by atoms with Crippen molar-refractivity contribution >= 4 is 21.4 Å². The van der Waals surface area contributed by atoms with Crippen molar-refractivity contribution in [3.63, 3.8) is 0 Å². The van der Waals surface area contributed by atoms with Crippen LogP contribution in [0.3, 0.4) is 0 Å². The maximum atomic E-state index is 13.6. The number of amides is 1. The summed E-state index contributed by atoms with van der Waals surface area (Å²) in [6.45, 7) is 0. The largest absolute Gasteiger partial charge is 0.326 e. The highest BCUT2D eigenvalue weighted by Gasteiger charge is 2.22. The van der Waals surface area contributed by atoms with Gasteiger partial charge in [-0.15, -0.1) is 0 Å². The lowest BCUT2D eigenvalue weighted by Gasteiger charge is -2.07. The number of benzene rings is 2. The molecule has 2 aromatic carbocycles. The smallest absolute Gasteiger partial charge is 0.228 e. The molecule has 0 fully saturated rings. The molecule has 1 aliphatic heterocycles. The van der Waals surface area contributed by atoms with E-state index in [1.165, 1.54) is 0 Å². The number of carbonyl (C=O) groups excluding carboxylic acids is 1. The quantitative estimate of drug-likeness (QED) is 0.883. The molecule has 0 aliphatic carbocycles. The summed E-state index contributed by atoms with van der Waals surface area (Å²) >= 11 is 0. The van der Waals surface area contributed by atoms with E-state index in [0.29, 0.717) is 22.9 Å². The van der Waals surface area contributed by atoms with E-state index >= 15 is 0 Å². The molecule has 22 heavy (non-hydrogen) atoms. The van der Waals surface area contributed by atoms with E-state index in [4.69, 9.17) is 0 Å². The molecule has 114 valence electrons. The average Bonchev–Trinajstić information content (AvgIpc) is 2.77. The average molecular weight is 323 g/mol. The Kier molecular flexibility index (Phi) is 3.44. The van der Waals surface area contributed by atoms with E-state index in [1.54, 1.807) is 18.2 Å². The van der Waals surface area contributed by atoms with Crippen LogP contribution >= 0.6 is 0 Å². The highest BCUT2D eigenvalue weighted by molar-refractivity contribution is 7.90. The van der Waals surface area contributed by atoms with Gasteiger partial charge in [-0.3, -0.25) is 4.79 Å². The summed E-state index contributed by atoms with van der Waals surface area (Å²) in [7, 11) is -3.94. The molecule has 0 atom stereocenters. The second-order valence-corrected chi connectivity index (χ2v) is 7.01. The molecule has 0 bridgehead atoms. The van der Waals surface area contributed by atoms with Crippen LogP contribution < -0.4 is 5.32 Å². The lowest BCUT2D eigenvalue weighted by atomic mass is 10.1. The maximum Gasteiger partial charge on any atom is 0.228 e. The Bertz CT molecular complexity index is 878. The van der Waals surface area contributed by atoms with E-state index in [-0.39, 0.29) is 12.3 Å². The van der Waals surface area contributed by atoms with Crippen molar-refractivity contribution in [3.8, 4) is 0 Å². The zero-order chi connectivity index (χ0) is 15.9. The van der Waals surface area contributed by atoms with Crippen molar-refractivity contribution in [2.45, 2.75) is 17.1 Å². The fraction of sp³-hybridized carbons (Fsp3) is 0.133. The monoisotopic (exact) mass is 323 g/mol. The Balaban J connectivity index is 1.92. The SMILES string of the molecule is O=C1Cc2cc(CS(=O)(=O)c3ccc(F)cc3F)ccc2N1. The third-order valence-corrected chi connectivity index (χ3v) is 5.10. The molecule has 1 aliphatic rings. The van der Waals surface area contributed by atoms with Gasteiger partial charge in [0.2, 0.25) is 5.91 Å². The molecule has 1 heterocycles. The van der Waals surface area contributed by atoms with Crippen LogP contribution in [0, 0.1) is 11.6 Å². The number of hydrogen-bond donors (Lipinski definition) is 1. The Labute approximate surface area is 125 Å². The van der Waals surface area contributed by atoms with E-state index < -0.39 is 32.1 Å². The normalized spacial score (nSPS) is 13.8.